The minimum atomic E-state index is -0.464. The molecule has 1 rings (SSSR count). The molecule has 19 heavy (non-hydrogen) atoms. The molecule has 0 atom stereocenters. The summed E-state index contributed by atoms with van der Waals surface area (Å²) in [6.07, 6.45) is 0.898. The maximum absolute atomic E-state index is 11.7. The summed E-state index contributed by atoms with van der Waals surface area (Å²) in [7, 11) is 3.93. The number of nitro benzene ring substituents is 1. The zero-order valence-electron chi connectivity index (χ0n) is 11.3. The van der Waals surface area contributed by atoms with Gasteiger partial charge in [0.2, 0.25) is 5.91 Å². The molecule has 0 spiro atoms. The molecular formula is C13H19N3O3. The summed E-state index contributed by atoms with van der Waals surface area (Å²) in [4.78, 5) is 24.1. The van der Waals surface area contributed by atoms with Gasteiger partial charge >= 0.3 is 0 Å². The van der Waals surface area contributed by atoms with E-state index in [1.165, 1.54) is 6.07 Å². The van der Waals surface area contributed by atoms with Crippen molar-refractivity contribution in [2.75, 3.05) is 27.2 Å². The largest absolute Gasteiger partial charge is 0.356 e. The second-order valence-corrected chi connectivity index (χ2v) is 4.57. The first-order valence-electron chi connectivity index (χ1n) is 6.14. The number of nitrogens with one attached hydrogen (secondary N) is 1. The molecule has 1 amide bonds. The Morgan fingerprint density at radius 1 is 1.37 bits per heavy atom. The number of nitro groups is 1. The lowest BCUT2D eigenvalue weighted by molar-refractivity contribution is -0.385. The van der Waals surface area contributed by atoms with E-state index in [1.54, 1.807) is 18.2 Å². The number of carbonyl (C=O) groups excluding carboxylic acids is 1. The van der Waals surface area contributed by atoms with Gasteiger partial charge in [-0.15, -0.1) is 0 Å². The molecule has 0 saturated heterocycles. The van der Waals surface area contributed by atoms with Crippen molar-refractivity contribution in [1.29, 1.82) is 0 Å². The van der Waals surface area contributed by atoms with Crippen LogP contribution in [0.5, 0.6) is 0 Å². The maximum Gasteiger partial charge on any atom is 0.273 e. The molecule has 6 nitrogen and oxygen atoms in total. The molecule has 0 unspecified atom stereocenters. The molecule has 0 bridgehead atoms. The monoisotopic (exact) mass is 265 g/mol. The summed E-state index contributed by atoms with van der Waals surface area (Å²) in [6, 6.07) is 6.31. The third-order valence-electron chi connectivity index (χ3n) is 2.64. The number of hydrogen-bond acceptors (Lipinski definition) is 4. The lowest BCUT2D eigenvalue weighted by Crippen LogP contribution is -2.28. The van der Waals surface area contributed by atoms with Gasteiger partial charge in [0.05, 0.1) is 11.3 Å². The molecule has 6 heteroatoms. The minimum Gasteiger partial charge on any atom is -0.356 e. The Bertz CT molecular complexity index is 447. The third kappa shape index (κ3) is 5.48. The van der Waals surface area contributed by atoms with Crippen LogP contribution in [-0.4, -0.2) is 42.9 Å². The summed E-state index contributed by atoms with van der Waals surface area (Å²) in [5, 5.41) is 13.6. The SMILES string of the molecule is CN(C)CCCNC(=O)Cc1ccccc1[N+](=O)[O-]. The van der Waals surface area contributed by atoms with Crippen molar-refractivity contribution in [3.63, 3.8) is 0 Å². The van der Waals surface area contributed by atoms with E-state index in [9.17, 15) is 14.9 Å². The fourth-order valence-electron chi connectivity index (χ4n) is 1.70. The molecule has 0 radical (unpaired) electrons. The van der Waals surface area contributed by atoms with Crippen LogP contribution in [0.25, 0.3) is 0 Å². The highest BCUT2D eigenvalue weighted by atomic mass is 16.6. The summed E-state index contributed by atoms with van der Waals surface area (Å²) in [6.45, 7) is 1.48. The molecule has 0 aliphatic heterocycles. The van der Waals surface area contributed by atoms with Gasteiger partial charge in [-0.1, -0.05) is 18.2 Å². The van der Waals surface area contributed by atoms with Crippen LogP contribution >= 0.6 is 0 Å². The van der Waals surface area contributed by atoms with Gasteiger partial charge in [0.1, 0.15) is 0 Å². The summed E-state index contributed by atoms with van der Waals surface area (Å²) in [5.41, 5.74) is 0.434. The van der Waals surface area contributed by atoms with E-state index in [4.69, 9.17) is 0 Å². The number of carbonyl (C=O) groups is 1. The van der Waals surface area contributed by atoms with Crippen LogP contribution in [0.1, 0.15) is 12.0 Å². The van der Waals surface area contributed by atoms with E-state index in [2.05, 4.69) is 5.32 Å². The van der Waals surface area contributed by atoms with E-state index in [-0.39, 0.29) is 18.0 Å². The van der Waals surface area contributed by atoms with Crippen LogP contribution in [0.4, 0.5) is 5.69 Å². The molecule has 0 saturated carbocycles. The Hall–Kier alpha value is -1.95. The predicted molar refractivity (Wildman–Crippen MR) is 73.0 cm³/mol. The van der Waals surface area contributed by atoms with Gasteiger partial charge in [0.15, 0.2) is 0 Å². The van der Waals surface area contributed by atoms with E-state index in [0.717, 1.165) is 13.0 Å². The van der Waals surface area contributed by atoms with E-state index in [0.29, 0.717) is 12.1 Å². The van der Waals surface area contributed by atoms with Gasteiger partial charge in [0, 0.05) is 18.2 Å². The van der Waals surface area contributed by atoms with Crippen molar-refractivity contribution in [3.8, 4) is 0 Å². The highest BCUT2D eigenvalue weighted by molar-refractivity contribution is 5.79. The predicted octanol–water partition coefficient (Wildman–Crippen LogP) is 1.21. The van der Waals surface area contributed by atoms with Crippen molar-refractivity contribution < 1.29 is 9.72 Å². The minimum absolute atomic E-state index is 0.00839. The first-order chi connectivity index (χ1) is 9.00. The molecule has 0 aromatic heterocycles. The lowest BCUT2D eigenvalue weighted by Gasteiger charge is -2.10. The standard InChI is InChI=1S/C13H19N3O3/c1-15(2)9-5-8-14-13(17)10-11-6-3-4-7-12(11)16(18)19/h3-4,6-7H,5,8-10H2,1-2H3,(H,14,17). The van der Waals surface area contributed by atoms with Gasteiger partial charge in [-0.3, -0.25) is 14.9 Å². The van der Waals surface area contributed by atoms with Crippen LogP contribution in [0, 0.1) is 10.1 Å². The zero-order chi connectivity index (χ0) is 14.3. The number of benzene rings is 1. The van der Waals surface area contributed by atoms with Crippen molar-refractivity contribution in [2.24, 2.45) is 0 Å². The van der Waals surface area contributed by atoms with Crippen LogP contribution < -0.4 is 5.32 Å². The molecule has 0 aliphatic carbocycles. The fraction of sp³-hybridized carbons (Fsp3) is 0.462. The zero-order valence-corrected chi connectivity index (χ0v) is 11.3. The van der Waals surface area contributed by atoms with E-state index < -0.39 is 4.92 Å². The Kier molecular flexibility index (Phi) is 5.95. The molecule has 1 N–H and O–H groups in total. The topological polar surface area (TPSA) is 75.5 Å². The van der Waals surface area contributed by atoms with Crippen molar-refractivity contribution in [2.45, 2.75) is 12.8 Å². The summed E-state index contributed by atoms with van der Waals surface area (Å²) in [5.74, 6) is -0.187. The Morgan fingerprint density at radius 2 is 2.05 bits per heavy atom. The first-order valence-corrected chi connectivity index (χ1v) is 6.14. The lowest BCUT2D eigenvalue weighted by atomic mass is 10.1. The molecule has 0 aliphatic rings. The second kappa shape index (κ2) is 7.48. The average molecular weight is 265 g/mol. The first kappa shape index (κ1) is 15.1. The normalized spacial score (nSPS) is 10.5. The molecule has 1 aromatic carbocycles. The van der Waals surface area contributed by atoms with Crippen molar-refractivity contribution in [3.05, 3.63) is 39.9 Å². The van der Waals surface area contributed by atoms with Crippen LogP contribution in [-0.2, 0) is 11.2 Å². The molecular weight excluding hydrogens is 246 g/mol. The summed E-state index contributed by atoms with van der Waals surface area (Å²) < 4.78 is 0. The van der Waals surface area contributed by atoms with Crippen LogP contribution in [0.3, 0.4) is 0 Å². The van der Waals surface area contributed by atoms with Crippen LogP contribution in [0.2, 0.25) is 0 Å². The van der Waals surface area contributed by atoms with Crippen molar-refractivity contribution >= 4 is 11.6 Å². The van der Waals surface area contributed by atoms with Crippen molar-refractivity contribution in [1.82, 2.24) is 10.2 Å². The smallest absolute Gasteiger partial charge is 0.273 e. The third-order valence-corrected chi connectivity index (χ3v) is 2.64. The van der Waals surface area contributed by atoms with Gasteiger partial charge < -0.3 is 10.2 Å². The van der Waals surface area contributed by atoms with Gasteiger partial charge in [-0.05, 0) is 27.1 Å². The van der Waals surface area contributed by atoms with Gasteiger partial charge in [-0.25, -0.2) is 0 Å². The second-order valence-electron chi connectivity index (χ2n) is 4.57. The van der Waals surface area contributed by atoms with E-state index >= 15 is 0 Å². The van der Waals surface area contributed by atoms with Gasteiger partial charge in [-0.2, -0.15) is 0 Å². The molecule has 104 valence electrons. The molecule has 1 aromatic rings. The maximum atomic E-state index is 11.7. The van der Waals surface area contributed by atoms with Gasteiger partial charge in [0.25, 0.3) is 5.69 Å². The Morgan fingerprint density at radius 3 is 2.68 bits per heavy atom. The highest BCUT2D eigenvalue weighted by Crippen LogP contribution is 2.17. The van der Waals surface area contributed by atoms with E-state index in [1.807, 2.05) is 19.0 Å². The highest BCUT2D eigenvalue weighted by Gasteiger charge is 2.14. The molecule has 0 fully saturated rings. The number of nitrogens with zero attached hydrogens (tertiary/aromatic N) is 2. The number of hydrogen-bond donors (Lipinski definition) is 1. The number of amides is 1. The number of para-hydroxylation sites is 1. The Balaban J connectivity index is 2.46. The van der Waals surface area contributed by atoms with Crippen LogP contribution in [0.15, 0.2) is 24.3 Å². The fourth-order valence-corrected chi connectivity index (χ4v) is 1.70. The quantitative estimate of drug-likeness (QED) is 0.456. The number of rotatable bonds is 7. The Labute approximate surface area is 112 Å². The molecule has 0 heterocycles. The average Bonchev–Trinajstić information content (AvgIpc) is 2.35. The summed E-state index contributed by atoms with van der Waals surface area (Å²) >= 11 is 0.